The van der Waals surface area contributed by atoms with E-state index in [1.807, 2.05) is 0 Å². The van der Waals surface area contributed by atoms with Crippen molar-refractivity contribution < 1.29 is 0 Å². The second-order valence-corrected chi connectivity index (χ2v) is 19.6. The molecule has 0 atom stereocenters. The summed E-state index contributed by atoms with van der Waals surface area (Å²) in [5.41, 5.74) is 9.19. The molecule has 0 radical (unpaired) electrons. The average molecular weight is 849 g/mol. The molecule has 0 fully saturated rings. The van der Waals surface area contributed by atoms with Crippen molar-refractivity contribution in [2.45, 2.75) is 19.6 Å². The molecule has 0 N–H and O–H groups in total. The van der Waals surface area contributed by atoms with Gasteiger partial charge in [-0.2, -0.15) is 0 Å². The predicted molar refractivity (Wildman–Crippen MR) is 276 cm³/mol. The van der Waals surface area contributed by atoms with Gasteiger partial charge in [0.15, 0.2) is 0 Å². The molecule has 0 unspecified atom stereocenters. The van der Waals surface area contributed by atoms with Crippen LogP contribution in [0, 0.1) is 0 Å². The van der Waals surface area contributed by atoms with Crippen molar-refractivity contribution in [3.05, 3.63) is 267 Å². The molecule has 0 aliphatic carbocycles. The molecule has 0 spiro atoms. The Morgan fingerprint density at radius 1 is 0.308 bits per heavy atom. The van der Waals surface area contributed by atoms with Crippen molar-refractivity contribution in [3.8, 4) is 16.8 Å². The fourth-order valence-corrected chi connectivity index (χ4v) is 13.9. The number of benzene rings is 11. The topological polar surface area (TPSA) is 8.17 Å². The summed E-state index contributed by atoms with van der Waals surface area (Å²) in [5.74, 6) is 0. The first-order valence-electron chi connectivity index (χ1n) is 22.2. The molecule has 0 saturated carbocycles. The number of nitrogens with zero attached hydrogens (tertiary/aromatic N) is 2. The zero-order chi connectivity index (χ0) is 43.2. The van der Waals surface area contributed by atoms with Gasteiger partial charge in [0.2, 0.25) is 0 Å². The second-order valence-electron chi connectivity index (χ2n) is 16.5. The van der Waals surface area contributed by atoms with Gasteiger partial charge in [-0.1, -0.05) is 158 Å². The van der Waals surface area contributed by atoms with Crippen molar-refractivity contribution in [3.63, 3.8) is 0 Å². The zero-order valence-corrected chi connectivity index (χ0v) is 36.5. The molecule has 1 heterocycles. The molecule has 0 saturated heterocycles. The normalized spacial score (nSPS) is 11.9. The summed E-state index contributed by atoms with van der Waals surface area (Å²) in [4.78, 5) is 7.63. The third-order valence-corrected chi connectivity index (χ3v) is 16.8. The Morgan fingerprint density at radius 3 is 1.51 bits per heavy atom. The first-order chi connectivity index (χ1) is 32.3. The molecule has 12 rings (SSSR count). The number of anilines is 3. The smallest absolute Gasteiger partial charge is 0.0547 e. The van der Waals surface area contributed by atoms with Crippen LogP contribution in [0.5, 0.6) is 0 Å². The summed E-state index contributed by atoms with van der Waals surface area (Å²) in [6, 6.07) is 98.1. The van der Waals surface area contributed by atoms with Gasteiger partial charge in [-0.05, 0) is 142 Å². The molecule has 3 heteroatoms. The minimum atomic E-state index is -1.85. The van der Waals surface area contributed by atoms with Crippen molar-refractivity contribution in [2.75, 3.05) is 4.90 Å². The molecule has 12 aromatic rings. The van der Waals surface area contributed by atoms with E-state index in [4.69, 9.17) is 0 Å². The quantitative estimate of drug-likeness (QED) is 0.131. The van der Waals surface area contributed by atoms with Crippen LogP contribution in [-0.2, 0) is 0 Å². The lowest BCUT2D eigenvalue weighted by atomic mass is 9.98. The van der Waals surface area contributed by atoms with E-state index in [2.05, 4.69) is 276 Å². The number of fused-ring (bicyclic) bond motifs is 6. The van der Waals surface area contributed by atoms with Crippen LogP contribution >= 0.6 is 10.0 Å². The Hall–Kier alpha value is -8.11. The highest BCUT2D eigenvalue weighted by Crippen LogP contribution is 2.73. The molecule has 2 nitrogen and oxygen atoms in total. The highest BCUT2D eigenvalue weighted by atomic mass is 32.3. The van der Waals surface area contributed by atoms with E-state index in [0.717, 1.165) is 28.3 Å². The lowest BCUT2D eigenvalue weighted by molar-refractivity contribution is 1.18. The molecule has 0 aliphatic heterocycles. The summed E-state index contributed by atoms with van der Waals surface area (Å²) in [6.07, 6.45) is 0. The lowest BCUT2D eigenvalue weighted by Crippen LogP contribution is -2.11. The molecule has 0 amide bonds. The highest BCUT2D eigenvalue weighted by molar-refractivity contribution is 8.34. The molecular weight excluding hydrogens is 805 g/mol. The van der Waals surface area contributed by atoms with E-state index in [9.17, 15) is 0 Å². The maximum Gasteiger partial charge on any atom is 0.0547 e. The van der Waals surface area contributed by atoms with Crippen LogP contribution in [0.15, 0.2) is 287 Å². The predicted octanol–water partition coefficient (Wildman–Crippen LogP) is 17.6. The maximum absolute atomic E-state index is 2.43. The van der Waals surface area contributed by atoms with Crippen LogP contribution in [0.25, 0.3) is 60.2 Å². The summed E-state index contributed by atoms with van der Waals surface area (Å²) < 4.78 is 2.40. The fourth-order valence-electron chi connectivity index (χ4n) is 10.0. The highest BCUT2D eigenvalue weighted by Gasteiger charge is 2.33. The molecule has 1 aromatic heterocycles. The van der Waals surface area contributed by atoms with E-state index in [1.165, 1.54) is 68.5 Å². The monoisotopic (exact) mass is 848 g/mol. The van der Waals surface area contributed by atoms with Gasteiger partial charge < -0.3 is 9.47 Å². The van der Waals surface area contributed by atoms with Gasteiger partial charge >= 0.3 is 0 Å². The van der Waals surface area contributed by atoms with Crippen molar-refractivity contribution >= 4 is 70.4 Å². The third kappa shape index (κ3) is 6.51. The van der Waals surface area contributed by atoms with Gasteiger partial charge in [-0.3, -0.25) is 0 Å². The Labute approximate surface area is 381 Å². The maximum atomic E-state index is 2.43. The number of aromatic nitrogens is 1. The molecule has 308 valence electrons. The number of hydrogen-bond donors (Lipinski definition) is 0. The minimum Gasteiger partial charge on any atom is -0.310 e. The van der Waals surface area contributed by atoms with Crippen LogP contribution in [0.2, 0.25) is 0 Å². The number of rotatable bonds is 9. The molecule has 11 aromatic carbocycles. The first kappa shape index (κ1) is 38.6. The molecular formula is C62H44N2S. The Balaban J connectivity index is 1.06. The van der Waals surface area contributed by atoms with Crippen LogP contribution in [0.4, 0.5) is 17.1 Å². The van der Waals surface area contributed by atoms with Gasteiger partial charge in [0.1, 0.15) is 0 Å². The Bertz CT molecular complexity index is 3540. The first-order valence-corrected chi connectivity index (χ1v) is 23.9. The van der Waals surface area contributed by atoms with Crippen LogP contribution in [0.1, 0.15) is 0 Å². The van der Waals surface area contributed by atoms with Crippen LogP contribution < -0.4 is 4.90 Å². The van der Waals surface area contributed by atoms with Crippen molar-refractivity contribution in [1.82, 2.24) is 4.57 Å². The molecule has 0 aliphatic rings. The van der Waals surface area contributed by atoms with Crippen LogP contribution in [0.3, 0.4) is 0 Å². The summed E-state index contributed by atoms with van der Waals surface area (Å²) in [5, 5.41) is 7.45. The summed E-state index contributed by atoms with van der Waals surface area (Å²) >= 11 is 0. The van der Waals surface area contributed by atoms with E-state index in [1.54, 1.807) is 0 Å². The van der Waals surface area contributed by atoms with Gasteiger partial charge in [0.05, 0.1) is 11.0 Å². The number of para-hydroxylation sites is 2. The van der Waals surface area contributed by atoms with E-state index in [0.29, 0.717) is 0 Å². The third-order valence-electron chi connectivity index (χ3n) is 12.9. The van der Waals surface area contributed by atoms with E-state index >= 15 is 0 Å². The lowest BCUT2D eigenvalue weighted by Gasteiger charge is -2.42. The van der Waals surface area contributed by atoms with Gasteiger partial charge in [-0.15, -0.1) is 10.0 Å². The number of hydrogen-bond acceptors (Lipinski definition) is 1. The van der Waals surface area contributed by atoms with Crippen molar-refractivity contribution in [2.24, 2.45) is 0 Å². The molecule has 65 heavy (non-hydrogen) atoms. The van der Waals surface area contributed by atoms with Gasteiger partial charge in [-0.25, -0.2) is 0 Å². The van der Waals surface area contributed by atoms with Crippen LogP contribution in [-0.4, -0.2) is 4.57 Å². The fraction of sp³-hybridized carbons (Fsp3) is 0. The Kier molecular flexibility index (Phi) is 9.62. The summed E-state index contributed by atoms with van der Waals surface area (Å²) in [7, 11) is -1.85. The Morgan fingerprint density at radius 2 is 0.815 bits per heavy atom. The van der Waals surface area contributed by atoms with E-state index in [-0.39, 0.29) is 0 Å². The zero-order valence-electron chi connectivity index (χ0n) is 35.7. The van der Waals surface area contributed by atoms with E-state index < -0.39 is 10.0 Å². The summed E-state index contributed by atoms with van der Waals surface area (Å²) in [6.45, 7) is 0. The standard InChI is InChI=1S/C62H44N2S/c1-5-21-48(22-6-1)64-60-33-16-15-31-59(60)62-58(32-18-34-61(62)64)46-20-17-23-50(43-46)63(51-39-42-57-47(44-51)36-35-45-19-13-14-30-56(45)57)49-37-40-55(41-38-49)65(52-24-7-2-8-25-52,53-26-9-3-10-27-53)54-28-11-4-12-29-54/h1-44H. The van der Waals surface area contributed by atoms with Gasteiger partial charge in [0.25, 0.3) is 0 Å². The minimum absolute atomic E-state index is 1.09. The van der Waals surface area contributed by atoms with Gasteiger partial charge in [0, 0.05) is 53.1 Å². The largest absolute Gasteiger partial charge is 0.310 e. The second kappa shape index (κ2) is 16.2. The molecule has 0 bridgehead atoms. The van der Waals surface area contributed by atoms with Crippen molar-refractivity contribution in [1.29, 1.82) is 0 Å². The SMILES string of the molecule is c1ccc(-n2c3ccccc3c3c(-c4cccc(N(c5ccc(S(c6ccccc6)(c6ccccc6)c6ccccc6)cc5)c5ccc6c(ccc7ccccc76)c5)c4)cccc32)cc1. The average Bonchev–Trinajstić information content (AvgIpc) is 3.73.